The van der Waals surface area contributed by atoms with E-state index in [-0.39, 0.29) is 5.88 Å². The Hall–Kier alpha value is -1.78. The normalized spacial score (nSPS) is 9.33. The highest BCUT2D eigenvalue weighted by atomic mass is 16.6. The van der Waals surface area contributed by atoms with E-state index in [9.17, 15) is 10.0 Å². The lowest BCUT2D eigenvalue weighted by Crippen LogP contribution is -2.29. The van der Waals surface area contributed by atoms with E-state index in [4.69, 9.17) is 5.11 Å². The maximum absolute atomic E-state index is 10.8. The largest absolute Gasteiger partial charge is 0.616 e. The van der Waals surface area contributed by atoms with E-state index in [1.54, 1.807) is 6.07 Å². The molecule has 1 heterocycles. The Bertz CT molecular complexity index is 286. The molecule has 12 heavy (non-hydrogen) atoms. The van der Waals surface area contributed by atoms with Gasteiger partial charge in [-0.15, -0.1) is 4.73 Å². The van der Waals surface area contributed by atoms with Crippen molar-refractivity contribution in [3.8, 4) is 5.88 Å². The number of carbonyl (C=O) groups is 1. The summed E-state index contributed by atoms with van der Waals surface area (Å²) in [6.45, 7) is -0.508. The molecule has 0 atom stereocenters. The van der Waals surface area contributed by atoms with Crippen LogP contribution in [-0.4, -0.2) is 17.7 Å². The SMILES string of the molecule is O=C(O)COc1cccc[n+]1[O-]. The zero-order valence-corrected chi connectivity index (χ0v) is 6.14. The third-order valence-corrected chi connectivity index (χ3v) is 1.13. The summed E-state index contributed by atoms with van der Waals surface area (Å²) >= 11 is 0. The molecule has 0 saturated heterocycles. The van der Waals surface area contributed by atoms with Gasteiger partial charge in [-0.25, -0.2) is 4.79 Å². The van der Waals surface area contributed by atoms with Crippen molar-refractivity contribution in [2.75, 3.05) is 6.61 Å². The first kappa shape index (κ1) is 8.32. The topological polar surface area (TPSA) is 73.5 Å². The average molecular weight is 169 g/mol. The molecule has 1 N–H and O–H groups in total. The maximum Gasteiger partial charge on any atom is 0.379 e. The van der Waals surface area contributed by atoms with Gasteiger partial charge in [-0.3, -0.25) is 0 Å². The molecule has 0 bridgehead atoms. The summed E-state index contributed by atoms with van der Waals surface area (Å²) < 4.78 is 5.11. The van der Waals surface area contributed by atoms with Gasteiger partial charge < -0.3 is 15.1 Å². The van der Waals surface area contributed by atoms with Crippen LogP contribution < -0.4 is 9.47 Å². The summed E-state index contributed by atoms with van der Waals surface area (Å²) in [6.07, 6.45) is 1.23. The van der Waals surface area contributed by atoms with Crippen molar-refractivity contribution in [3.05, 3.63) is 29.6 Å². The van der Waals surface area contributed by atoms with Crippen molar-refractivity contribution in [2.45, 2.75) is 0 Å². The first-order valence-corrected chi connectivity index (χ1v) is 3.23. The first-order valence-electron chi connectivity index (χ1n) is 3.23. The van der Waals surface area contributed by atoms with Crippen LogP contribution in [0.3, 0.4) is 0 Å². The quantitative estimate of drug-likeness (QED) is 0.501. The molecule has 0 spiro atoms. The summed E-state index contributed by atoms with van der Waals surface area (Å²) in [4.78, 5) is 10.0. The Labute approximate surface area is 68.4 Å². The second-order valence-electron chi connectivity index (χ2n) is 2.05. The van der Waals surface area contributed by atoms with Gasteiger partial charge in [0.2, 0.25) is 0 Å². The molecule has 1 aromatic heterocycles. The molecule has 0 fully saturated rings. The minimum Gasteiger partial charge on any atom is -0.616 e. The van der Waals surface area contributed by atoms with Crippen LogP contribution in [0.15, 0.2) is 24.4 Å². The lowest BCUT2D eigenvalue weighted by molar-refractivity contribution is -0.612. The molecule has 0 aliphatic heterocycles. The smallest absolute Gasteiger partial charge is 0.379 e. The third-order valence-electron chi connectivity index (χ3n) is 1.13. The summed E-state index contributed by atoms with van der Waals surface area (Å²) in [5.74, 6) is -1.13. The van der Waals surface area contributed by atoms with Crippen LogP contribution in [0.4, 0.5) is 0 Å². The Morgan fingerprint density at radius 2 is 2.42 bits per heavy atom. The molecule has 5 heteroatoms. The van der Waals surface area contributed by atoms with Gasteiger partial charge in [0.15, 0.2) is 12.8 Å². The highest BCUT2D eigenvalue weighted by Crippen LogP contribution is 1.99. The number of hydrogen-bond acceptors (Lipinski definition) is 3. The molecule has 0 radical (unpaired) electrons. The molecule has 0 aliphatic rings. The number of nitrogens with zero attached hydrogens (tertiary/aromatic N) is 1. The summed E-state index contributed by atoms with van der Waals surface area (Å²) in [5, 5.41) is 19.1. The second kappa shape index (κ2) is 3.56. The predicted molar refractivity (Wildman–Crippen MR) is 38.5 cm³/mol. The lowest BCUT2D eigenvalue weighted by atomic mass is 10.5. The molecule has 5 nitrogen and oxygen atoms in total. The average Bonchev–Trinajstić information content (AvgIpc) is 2.03. The fraction of sp³-hybridized carbons (Fsp3) is 0.143. The van der Waals surface area contributed by atoms with Crippen molar-refractivity contribution in [1.29, 1.82) is 0 Å². The van der Waals surface area contributed by atoms with Crippen molar-refractivity contribution >= 4 is 5.97 Å². The molecule has 1 aromatic rings. The second-order valence-corrected chi connectivity index (χ2v) is 2.05. The van der Waals surface area contributed by atoms with Gasteiger partial charge in [0.25, 0.3) is 0 Å². The van der Waals surface area contributed by atoms with Gasteiger partial charge in [-0.1, -0.05) is 0 Å². The van der Waals surface area contributed by atoms with Crippen LogP contribution in [0, 0.1) is 5.21 Å². The minimum atomic E-state index is -1.11. The van der Waals surface area contributed by atoms with E-state index in [1.807, 2.05) is 0 Å². The third kappa shape index (κ3) is 2.12. The molecule has 0 saturated carbocycles. The number of carboxylic acid groups (broad SMARTS) is 1. The minimum absolute atomic E-state index is 0.0140. The summed E-state index contributed by atoms with van der Waals surface area (Å²) in [5.41, 5.74) is 0. The Balaban J connectivity index is 2.63. The van der Waals surface area contributed by atoms with Crippen LogP contribution in [-0.2, 0) is 4.79 Å². The maximum atomic E-state index is 10.8. The molecule has 1 rings (SSSR count). The molecule has 0 amide bonds. The Morgan fingerprint density at radius 3 is 3.00 bits per heavy atom. The van der Waals surface area contributed by atoms with Gasteiger partial charge in [0.1, 0.15) is 0 Å². The van der Waals surface area contributed by atoms with Crippen molar-refractivity contribution in [3.63, 3.8) is 0 Å². The first-order chi connectivity index (χ1) is 5.70. The lowest BCUT2D eigenvalue weighted by Gasteiger charge is -2.02. The molecule has 0 aromatic carbocycles. The van der Waals surface area contributed by atoms with Crippen LogP contribution in [0.1, 0.15) is 0 Å². The number of hydrogen-bond donors (Lipinski definition) is 1. The van der Waals surface area contributed by atoms with Gasteiger partial charge in [0, 0.05) is 6.07 Å². The summed E-state index contributed by atoms with van der Waals surface area (Å²) in [7, 11) is 0. The summed E-state index contributed by atoms with van der Waals surface area (Å²) in [6, 6.07) is 4.52. The molecule has 64 valence electrons. The predicted octanol–water partition coefficient (Wildman–Crippen LogP) is -0.217. The number of rotatable bonds is 3. The van der Waals surface area contributed by atoms with Crippen LogP contribution in [0.2, 0.25) is 0 Å². The fourth-order valence-electron chi connectivity index (χ4n) is 0.660. The van der Waals surface area contributed by atoms with Crippen LogP contribution in [0.25, 0.3) is 0 Å². The van der Waals surface area contributed by atoms with Crippen molar-refractivity contribution < 1.29 is 19.4 Å². The number of aliphatic carboxylic acids is 1. The molecular weight excluding hydrogens is 162 g/mol. The zero-order valence-electron chi connectivity index (χ0n) is 6.14. The van der Waals surface area contributed by atoms with Gasteiger partial charge in [-0.2, -0.15) is 0 Å². The highest BCUT2D eigenvalue weighted by Gasteiger charge is 2.05. The van der Waals surface area contributed by atoms with Crippen molar-refractivity contribution in [1.82, 2.24) is 0 Å². The van der Waals surface area contributed by atoms with E-state index in [0.717, 1.165) is 0 Å². The van der Waals surface area contributed by atoms with Gasteiger partial charge >= 0.3 is 11.8 Å². The van der Waals surface area contributed by atoms with E-state index in [0.29, 0.717) is 4.73 Å². The van der Waals surface area contributed by atoms with E-state index in [2.05, 4.69) is 4.74 Å². The van der Waals surface area contributed by atoms with Gasteiger partial charge in [-0.05, 0) is 6.07 Å². The standard InChI is InChI=1S/C7H7NO4/c9-7(10)5-12-6-3-1-2-4-8(6)11/h1-4H,5H2,(H,9,10). The van der Waals surface area contributed by atoms with E-state index < -0.39 is 12.6 Å². The monoisotopic (exact) mass is 169 g/mol. The number of pyridine rings is 1. The molecular formula is C7H7NO4. The van der Waals surface area contributed by atoms with Gasteiger partial charge in [0.05, 0.1) is 6.07 Å². The zero-order chi connectivity index (χ0) is 8.97. The number of ether oxygens (including phenoxy) is 1. The van der Waals surface area contributed by atoms with E-state index >= 15 is 0 Å². The number of aromatic nitrogens is 1. The van der Waals surface area contributed by atoms with E-state index in [1.165, 1.54) is 18.3 Å². The highest BCUT2D eigenvalue weighted by molar-refractivity contribution is 5.68. The van der Waals surface area contributed by atoms with Crippen LogP contribution in [0.5, 0.6) is 5.88 Å². The number of carboxylic acids is 1. The van der Waals surface area contributed by atoms with Crippen LogP contribution >= 0.6 is 0 Å². The van der Waals surface area contributed by atoms with Crippen molar-refractivity contribution in [2.24, 2.45) is 0 Å². The Kier molecular flexibility index (Phi) is 2.47. The fourth-order valence-corrected chi connectivity index (χ4v) is 0.660. The Morgan fingerprint density at radius 1 is 1.67 bits per heavy atom. The molecule has 0 aliphatic carbocycles. The molecule has 0 unspecified atom stereocenters.